The number of imidazole rings is 1. The summed E-state index contributed by atoms with van der Waals surface area (Å²) in [5.74, 6) is 1.16. The van der Waals surface area contributed by atoms with Gasteiger partial charge in [0.15, 0.2) is 0 Å². The summed E-state index contributed by atoms with van der Waals surface area (Å²) in [5, 5.41) is 5.98. The number of aromatic nitrogens is 2. The molecular weight excluding hydrogens is 352 g/mol. The zero-order chi connectivity index (χ0) is 17.6. The fraction of sp³-hybridized carbons (Fsp3) is 0.263. The second-order valence-corrected chi connectivity index (χ2v) is 5.69. The van der Waals surface area contributed by atoms with E-state index in [4.69, 9.17) is 4.74 Å². The highest BCUT2D eigenvalue weighted by atomic mass is 35.5. The Balaban J connectivity index is 0.00000243. The SMILES string of the molecule is CNCCCC(=O)Nc1nc2ccccc2n1-c1ccccc1OC.Cl. The number of fused-ring (bicyclic) bond motifs is 1. The van der Waals surface area contributed by atoms with Crippen molar-refractivity contribution in [1.29, 1.82) is 0 Å². The van der Waals surface area contributed by atoms with E-state index in [1.807, 2.05) is 60.1 Å². The zero-order valence-corrected chi connectivity index (χ0v) is 15.7. The van der Waals surface area contributed by atoms with Crippen molar-refractivity contribution in [3.8, 4) is 11.4 Å². The van der Waals surface area contributed by atoms with Crippen molar-refractivity contribution >= 4 is 35.3 Å². The van der Waals surface area contributed by atoms with E-state index in [0.29, 0.717) is 12.4 Å². The molecule has 3 aromatic rings. The van der Waals surface area contributed by atoms with Crippen LogP contribution in [0.15, 0.2) is 48.5 Å². The molecule has 2 aromatic carbocycles. The number of hydrogen-bond donors (Lipinski definition) is 2. The van der Waals surface area contributed by atoms with Gasteiger partial charge in [0.1, 0.15) is 5.75 Å². The number of benzene rings is 2. The molecule has 0 aliphatic carbocycles. The predicted octanol–water partition coefficient (Wildman–Crippen LogP) is 3.39. The maximum Gasteiger partial charge on any atom is 0.226 e. The highest BCUT2D eigenvalue weighted by Crippen LogP contribution is 2.30. The Morgan fingerprint density at radius 1 is 1.15 bits per heavy atom. The molecule has 6 nitrogen and oxygen atoms in total. The molecule has 7 heteroatoms. The van der Waals surface area contributed by atoms with Crippen molar-refractivity contribution in [2.75, 3.05) is 26.0 Å². The van der Waals surface area contributed by atoms with Crippen LogP contribution in [0.4, 0.5) is 5.95 Å². The topological polar surface area (TPSA) is 68.2 Å². The van der Waals surface area contributed by atoms with Crippen molar-refractivity contribution in [3.63, 3.8) is 0 Å². The molecule has 0 aliphatic heterocycles. The summed E-state index contributed by atoms with van der Waals surface area (Å²) in [6, 6.07) is 15.5. The summed E-state index contributed by atoms with van der Waals surface area (Å²) in [7, 11) is 3.51. The van der Waals surface area contributed by atoms with Crippen molar-refractivity contribution < 1.29 is 9.53 Å². The molecule has 138 valence electrons. The molecule has 0 radical (unpaired) electrons. The highest BCUT2D eigenvalue weighted by Gasteiger charge is 2.16. The Morgan fingerprint density at radius 2 is 1.88 bits per heavy atom. The predicted molar refractivity (Wildman–Crippen MR) is 107 cm³/mol. The van der Waals surface area contributed by atoms with Crippen molar-refractivity contribution in [1.82, 2.24) is 14.9 Å². The van der Waals surface area contributed by atoms with Crippen molar-refractivity contribution in [2.24, 2.45) is 0 Å². The molecule has 0 unspecified atom stereocenters. The molecule has 0 bridgehead atoms. The van der Waals surface area contributed by atoms with Crippen LogP contribution in [-0.2, 0) is 4.79 Å². The summed E-state index contributed by atoms with van der Waals surface area (Å²) < 4.78 is 7.41. The van der Waals surface area contributed by atoms with Crippen LogP contribution >= 0.6 is 12.4 Å². The van der Waals surface area contributed by atoms with Gasteiger partial charge in [-0.15, -0.1) is 12.4 Å². The lowest BCUT2D eigenvalue weighted by Crippen LogP contribution is -2.17. The van der Waals surface area contributed by atoms with E-state index < -0.39 is 0 Å². The lowest BCUT2D eigenvalue weighted by molar-refractivity contribution is -0.116. The minimum absolute atomic E-state index is 0. The van der Waals surface area contributed by atoms with Crippen LogP contribution in [0.1, 0.15) is 12.8 Å². The van der Waals surface area contributed by atoms with Gasteiger partial charge in [-0.3, -0.25) is 14.7 Å². The molecule has 2 N–H and O–H groups in total. The molecule has 3 rings (SSSR count). The number of hydrogen-bond acceptors (Lipinski definition) is 4. The van der Waals surface area contributed by atoms with Crippen LogP contribution in [0.3, 0.4) is 0 Å². The molecule has 0 fully saturated rings. The Kier molecular flexibility index (Phi) is 7.00. The lowest BCUT2D eigenvalue weighted by atomic mass is 10.2. The maximum atomic E-state index is 12.3. The van der Waals surface area contributed by atoms with Crippen LogP contribution in [0.5, 0.6) is 5.75 Å². The quantitative estimate of drug-likeness (QED) is 0.622. The van der Waals surface area contributed by atoms with E-state index in [2.05, 4.69) is 15.6 Å². The first-order valence-corrected chi connectivity index (χ1v) is 8.30. The van der Waals surface area contributed by atoms with Crippen LogP contribution < -0.4 is 15.4 Å². The van der Waals surface area contributed by atoms with Gasteiger partial charge in [-0.2, -0.15) is 0 Å². The molecular formula is C19H23ClN4O2. The van der Waals surface area contributed by atoms with Gasteiger partial charge < -0.3 is 10.1 Å². The first kappa shape index (κ1) is 19.8. The number of rotatable bonds is 7. The summed E-state index contributed by atoms with van der Waals surface area (Å²) >= 11 is 0. The second kappa shape index (κ2) is 9.22. The van der Waals surface area contributed by atoms with Crippen molar-refractivity contribution in [2.45, 2.75) is 12.8 Å². The average molecular weight is 375 g/mol. The fourth-order valence-electron chi connectivity index (χ4n) is 2.78. The van der Waals surface area contributed by atoms with E-state index in [9.17, 15) is 4.79 Å². The van der Waals surface area contributed by atoms with Crippen LogP contribution in [0.25, 0.3) is 16.7 Å². The van der Waals surface area contributed by atoms with Gasteiger partial charge in [-0.05, 0) is 44.3 Å². The third-order valence-corrected chi connectivity index (χ3v) is 3.97. The number of nitrogens with one attached hydrogen (secondary N) is 2. The average Bonchev–Trinajstić information content (AvgIpc) is 2.99. The van der Waals surface area contributed by atoms with Gasteiger partial charge in [0, 0.05) is 6.42 Å². The van der Waals surface area contributed by atoms with Gasteiger partial charge in [0.2, 0.25) is 11.9 Å². The van der Waals surface area contributed by atoms with Crippen molar-refractivity contribution in [3.05, 3.63) is 48.5 Å². The molecule has 0 saturated heterocycles. The Hall–Kier alpha value is -2.57. The third-order valence-electron chi connectivity index (χ3n) is 3.97. The Labute approximate surface area is 159 Å². The maximum absolute atomic E-state index is 12.3. The summed E-state index contributed by atoms with van der Waals surface area (Å²) in [4.78, 5) is 16.9. The van der Waals surface area contributed by atoms with Gasteiger partial charge in [-0.25, -0.2) is 4.98 Å². The van der Waals surface area contributed by atoms with E-state index in [1.165, 1.54) is 0 Å². The van der Waals surface area contributed by atoms with Crippen LogP contribution in [0, 0.1) is 0 Å². The molecule has 26 heavy (non-hydrogen) atoms. The number of carbonyl (C=O) groups excluding carboxylic acids is 1. The van der Waals surface area contributed by atoms with E-state index >= 15 is 0 Å². The monoisotopic (exact) mass is 374 g/mol. The number of ether oxygens (including phenoxy) is 1. The van der Waals surface area contributed by atoms with Gasteiger partial charge in [-0.1, -0.05) is 24.3 Å². The first-order chi connectivity index (χ1) is 12.2. The number of anilines is 1. The number of amides is 1. The zero-order valence-electron chi connectivity index (χ0n) is 14.9. The Morgan fingerprint density at radius 3 is 2.65 bits per heavy atom. The first-order valence-electron chi connectivity index (χ1n) is 8.30. The fourth-order valence-corrected chi connectivity index (χ4v) is 2.78. The van der Waals surface area contributed by atoms with Crippen LogP contribution in [0.2, 0.25) is 0 Å². The molecule has 0 spiro atoms. The smallest absolute Gasteiger partial charge is 0.226 e. The van der Waals surface area contributed by atoms with E-state index in [0.717, 1.165) is 35.4 Å². The van der Waals surface area contributed by atoms with E-state index in [1.54, 1.807) is 7.11 Å². The molecule has 0 aliphatic rings. The largest absolute Gasteiger partial charge is 0.495 e. The third kappa shape index (κ3) is 4.15. The second-order valence-electron chi connectivity index (χ2n) is 5.69. The Bertz CT molecular complexity index is 879. The number of methoxy groups -OCH3 is 1. The highest BCUT2D eigenvalue weighted by molar-refractivity contribution is 5.92. The molecule has 0 atom stereocenters. The van der Waals surface area contributed by atoms with Gasteiger partial charge in [0.05, 0.1) is 23.8 Å². The molecule has 1 heterocycles. The summed E-state index contributed by atoms with van der Waals surface area (Å²) in [6.45, 7) is 0.802. The minimum atomic E-state index is -0.0540. The summed E-state index contributed by atoms with van der Waals surface area (Å²) in [5.41, 5.74) is 2.57. The standard InChI is InChI=1S/C19H22N4O2.ClH/c1-20-13-7-12-18(24)22-19-21-14-8-3-4-9-15(14)23(19)16-10-5-6-11-17(16)25-2;/h3-6,8-11,20H,7,12-13H2,1-2H3,(H,21,22,24);1H. The number of halogens is 1. The normalized spacial score (nSPS) is 10.4. The molecule has 0 saturated carbocycles. The summed E-state index contributed by atoms with van der Waals surface area (Å²) in [6.07, 6.45) is 1.22. The van der Waals surface area contributed by atoms with E-state index in [-0.39, 0.29) is 18.3 Å². The molecule has 1 aromatic heterocycles. The number of nitrogens with zero attached hydrogens (tertiary/aromatic N) is 2. The minimum Gasteiger partial charge on any atom is -0.495 e. The number of carbonyl (C=O) groups is 1. The van der Waals surface area contributed by atoms with Crippen LogP contribution in [-0.4, -0.2) is 36.2 Å². The van der Waals surface area contributed by atoms with Gasteiger partial charge >= 0.3 is 0 Å². The lowest BCUT2D eigenvalue weighted by Gasteiger charge is -2.13. The number of para-hydroxylation sites is 4. The molecule has 1 amide bonds. The van der Waals surface area contributed by atoms with Gasteiger partial charge in [0.25, 0.3) is 0 Å².